The van der Waals surface area contributed by atoms with E-state index in [0.29, 0.717) is 29.4 Å². The van der Waals surface area contributed by atoms with Crippen molar-refractivity contribution < 1.29 is 19.4 Å². The van der Waals surface area contributed by atoms with E-state index in [9.17, 15) is 9.59 Å². The van der Waals surface area contributed by atoms with Crippen molar-refractivity contribution >= 4 is 29.2 Å². The summed E-state index contributed by atoms with van der Waals surface area (Å²) in [5.74, 6) is -1.41. The van der Waals surface area contributed by atoms with Crippen molar-refractivity contribution in [3.63, 3.8) is 0 Å². The molecule has 1 aliphatic rings. The molecule has 102 valence electrons. The predicted octanol–water partition coefficient (Wildman–Crippen LogP) is 1.61. The van der Waals surface area contributed by atoms with Crippen molar-refractivity contribution in [3.05, 3.63) is 23.0 Å². The molecule has 0 aromatic carbocycles. The molecule has 1 saturated heterocycles. The first-order valence-electron chi connectivity index (χ1n) is 5.79. The molecule has 0 aliphatic carbocycles. The number of ether oxygens (including phenoxy) is 1. The zero-order valence-electron chi connectivity index (χ0n) is 10.2. The third kappa shape index (κ3) is 3.21. The number of anilines is 1. The number of carboxylic acid groups (broad SMARTS) is 1. The number of rotatable bonds is 3. The van der Waals surface area contributed by atoms with Crippen LogP contribution in [-0.4, -0.2) is 34.2 Å². The molecule has 0 bridgehead atoms. The normalized spacial score (nSPS) is 22.2. The van der Waals surface area contributed by atoms with E-state index in [0.717, 1.165) is 0 Å². The molecule has 0 unspecified atom stereocenters. The van der Waals surface area contributed by atoms with Crippen LogP contribution in [0.3, 0.4) is 0 Å². The van der Waals surface area contributed by atoms with E-state index >= 15 is 0 Å². The van der Waals surface area contributed by atoms with E-state index in [2.05, 4.69) is 10.3 Å². The summed E-state index contributed by atoms with van der Waals surface area (Å²) < 4.78 is 5.16. The SMILES string of the molecule is Cc1nc(Cl)ccc1NC(=O)[C@@H]1CC[C@H](C(=O)O)O1. The van der Waals surface area contributed by atoms with Gasteiger partial charge in [0.1, 0.15) is 11.3 Å². The second-order valence-corrected chi connectivity index (χ2v) is 4.67. The molecule has 7 heteroatoms. The molecule has 0 radical (unpaired) electrons. The summed E-state index contributed by atoms with van der Waals surface area (Å²) in [5.41, 5.74) is 1.13. The van der Waals surface area contributed by atoms with Crippen LogP contribution in [0.25, 0.3) is 0 Å². The van der Waals surface area contributed by atoms with E-state index in [4.69, 9.17) is 21.4 Å². The van der Waals surface area contributed by atoms with Gasteiger partial charge in [0.2, 0.25) is 0 Å². The van der Waals surface area contributed by atoms with Crippen LogP contribution in [0, 0.1) is 6.92 Å². The van der Waals surface area contributed by atoms with Gasteiger partial charge in [0.25, 0.3) is 5.91 Å². The van der Waals surface area contributed by atoms with Gasteiger partial charge in [-0.1, -0.05) is 11.6 Å². The molecule has 2 rings (SSSR count). The minimum Gasteiger partial charge on any atom is -0.479 e. The Hall–Kier alpha value is -1.66. The number of carbonyl (C=O) groups excluding carboxylic acids is 1. The summed E-state index contributed by atoms with van der Waals surface area (Å²) in [6.07, 6.45) is -0.912. The number of nitrogens with zero attached hydrogens (tertiary/aromatic N) is 1. The summed E-state index contributed by atoms with van der Waals surface area (Å²) in [7, 11) is 0. The Morgan fingerprint density at radius 2 is 2.11 bits per heavy atom. The zero-order valence-corrected chi connectivity index (χ0v) is 11.0. The predicted molar refractivity (Wildman–Crippen MR) is 68.1 cm³/mol. The Morgan fingerprint density at radius 3 is 2.68 bits per heavy atom. The van der Waals surface area contributed by atoms with E-state index in [1.807, 2.05) is 0 Å². The number of pyridine rings is 1. The fourth-order valence-corrected chi connectivity index (χ4v) is 2.08. The lowest BCUT2D eigenvalue weighted by molar-refractivity contribution is -0.150. The molecule has 6 nitrogen and oxygen atoms in total. The third-order valence-electron chi connectivity index (χ3n) is 2.90. The maximum atomic E-state index is 11.9. The third-order valence-corrected chi connectivity index (χ3v) is 3.11. The number of nitrogens with one attached hydrogen (secondary N) is 1. The fourth-order valence-electron chi connectivity index (χ4n) is 1.89. The highest BCUT2D eigenvalue weighted by Crippen LogP contribution is 2.22. The second kappa shape index (κ2) is 5.54. The van der Waals surface area contributed by atoms with Crippen LogP contribution in [0.2, 0.25) is 5.15 Å². The van der Waals surface area contributed by atoms with Gasteiger partial charge in [0.15, 0.2) is 6.10 Å². The number of hydrogen-bond donors (Lipinski definition) is 2. The van der Waals surface area contributed by atoms with Crippen LogP contribution >= 0.6 is 11.6 Å². The maximum absolute atomic E-state index is 11.9. The van der Waals surface area contributed by atoms with E-state index in [1.54, 1.807) is 19.1 Å². The average molecular weight is 285 g/mol. The number of carboxylic acids is 1. The molecule has 1 aromatic heterocycles. The number of aryl methyl sites for hydroxylation is 1. The molecule has 0 saturated carbocycles. The van der Waals surface area contributed by atoms with Gasteiger partial charge < -0.3 is 15.2 Å². The highest BCUT2D eigenvalue weighted by Gasteiger charge is 2.34. The Balaban J connectivity index is 2.00. The largest absolute Gasteiger partial charge is 0.479 e. The van der Waals surface area contributed by atoms with E-state index in [1.165, 1.54) is 0 Å². The summed E-state index contributed by atoms with van der Waals surface area (Å²) in [6.45, 7) is 1.72. The molecule has 2 N–H and O–H groups in total. The highest BCUT2D eigenvalue weighted by molar-refractivity contribution is 6.29. The van der Waals surface area contributed by atoms with Gasteiger partial charge in [-0.15, -0.1) is 0 Å². The van der Waals surface area contributed by atoms with Crippen molar-refractivity contribution in [1.29, 1.82) is 0 Å². The number of halogens is 1. The molecule has 1 aromatic rings. The number of hydrogen-bond acceptors (Lipinski definition) is 4. The monoisotopic (exact) mass is 284 g/mol. The highest BCUT2D eigenvalue weighted by atomic mass is 35.5. The van der Waals surface area contributed by atoms with Gasteiger partial charge in [-0.05, 0) is 31.9 Å². The first kappa shape index (κ1) is 13.8. The van der Waals surface area contributed by atoms with Crippen molar-refractivity contribution in [2.24, 2.45) is 0 Å². The van der Waals surface area contributed by atoms with E-state index in [-0.39, 0.29) is 5.91 Å². The van der Waals surface area contributed by atoms with Crippen LogP contribution in [-0.2, 0) is 14.3 Å². The molecular formula is C12H13ClN2O4. The molecule has 19 heavy (non-hydrogen) atoms. The van der Waals surface area contributed by atoms with E-state index < -0.39 is 18.2 Å². The van der Waals surface area contributed by atoms with Crippen molar-refractivity contribution in [3.8, 4) is 0 Å². The average Bonchev–Trinajstić information content (AvgIpc) is 2.82. The van der Waals surface area contributed by atoms with Crippen LogP contribution in [0.4, 0.5) is 5.69 Å². The minimum absolute atomic E-state index is 0.339. The van der Waals surface area contributed by atoms with Crippen molar-refractivity contribution in [1.82, 2.24) is 4.98 Å². The molecule has 2 atom stereocenters. The smallest absolute Gasteiger partial charge is 0.332 e. The topological polar surface area (TPSA) is 88.5 Å². The summed E-state index contributed by atoms with van der Waals surface area (Å²) >= 11 is 5.72. The van der Waals surface area contributed by atoms with Crippen molar-refractivity contribution in [2.45, 2.75) is 32.0 Å². The van der Waals surface area contributed by atoms with Gasteiger partial charge in [-0.2, -0.15) is 0 Å². The molecule has 1 amide bonds. The zero-order chi connectivity index (χ0) is 14.0. The first-order chi connectivity index (χ1) is 8.97. The van der Waals surface area contributed by atoms with Gasteiger partial charge in [-0.3, -0.25) is 4.79 Å². The minimum atomic E-state index is -1.04. The quantitative estimate of drug-likeness (QED) is 0.823. The van der Waals surface area contributed by atoms with Gasteiger partial charge in [0.05, 0.1) is 11.4 Å². The number of aromatic nitrogens is 1. The standard InChI is InChI=1S/C12H13ClN2O4/c1-6-7(2-5-10(13)14-6)15-11(16)8-3-4-9(19-8)12(17)18/h2,5,8-9H,3-4H2,1H3,(H,15,16)(H,17,18)/t8-,9+/m0/s1. The number of carbonyl (C=O) groups is 2. The maximum Gasteiger partial charge on any atom is 0.332 e. The lowest BCUT2D eigenvalue weighted by Crippen LogP contribution is -2.30. The molecule has 0 spiro atoms. The molecular weight excluding hydrogens is 272 g/mol. The van der Waals surface area contributed by atoms with Crippen LogP contribution in [0.15, 0.2) is 12.1 Å². The molecule has 1 fully saturated rings. The molecule has 1 aliphatic heterocycles. The van der Waals surface area contributed by atoms with Gasteiger partial charge >= 0.3 is 5.97 Å². The van der Waals surface area contributed by atoms with Crippen LogP contribution < -0.4 is 5.32 Å². The summed E-state index contributed by atoms with van der Waals surface area (Å²) in [5, 5.41) is 11.8. The Morgan fingerprint density at radius 1 is 1.42 bits per heavy atom. The second-order valence-electron chi connectivity index (χ2n) is 4.29. The summed E-state index contributed by atoms with van der Waals surface area (Å²) in [6, 6.07) is 3.21. The summed E-state index contributed by atoms with van der Waals surface area (Å²) in [4.78, 5) is 26.7. The Labute approximate surface area is 114 Å². The molecule has 2 heterocycles. The first-order valence-corrected chi connectivity index (χ1v) is 6.17. The van der Waals surface area contributed by atoms with Crippen LogP contribution in [0.5, 0.6) is 0 Å². The van der Waals surface area contributed by atoms with Crippen molar-refractivity contribution in [2.75, 3.05) is 5.32 Å². The number of aliphatic carboxylic acids is 1. The van der Waals surface area contributed by atoms with Gasteiger partial charge in [0, 0.05) is 0 Å². The Bertz CT molecular complexity index is 520. The lowest BCUT2D eigenvalue weighted by Gasteiger charge is -2.13. The Kier molecular flexibility index (Phi) is 4.01. The van der Waals surface area contributed by atoms with Gasteiger partial charge in [-0.25, -0.2) is 9.78 Å². The lowest BCUT2D eigenvalue weighted by atomic mass is 10.2. The fraction of sp³-hybridized carbons (Fsp3) is 0.417. The number of amides is 1. The van der Waals surface area contributed by atoms with Crippen LogP contribution in [0.1, 0.15) is 18.5 Å².